The number of rotatable bonds is 7. The smallest absolute Gasteiger partial charge is 0.314 e. The second-order valence-electron chi connectivity index (χ2n) is 5.08. The van der Waals surface area contributed by atoms with Crippen LogP contribution < -0.4 is 10.6 Å². The highest BCUT2D eigenvalue weighted by atomic mass is 16.5. The Bertz CT molecular complexity index is 438. The van der Waals surface area contributed by atoms with Crippen LogP contribution in [0.5, 0.6) is 0 Å². The number of carbonyl (C=O) groups excluding carboxylic acids is 1. The molecule has 0 spiro atoms. The molecule has 2 rings (SSSR count). The Kier molecular flexibility index (Phi) is 7.08. The van der Waals surface area contributed by atoms with Crippen LogP contribution in [0.15, 0.2) is 24.5 Å². The normalized spacial score (nSPS) is 17.0. The van der Waals surface area contributed by atoms with Gasteiger partial charge < -0.3 is 20.1 Å². The lowest BCUT2D eigenvalue weighted by molar-refractivity contribution is 0.0166. The molecule has 2 amide bonds. The fourth-order valence-corrected chi connectivity index (χ4v) is 2.44. The van der Waals surface area contributed by atoms with Crippen molar-refractivity contribution in [2.24, 2.45) is 0 Å². The number of nitrogens with zero attached hydrogens (tertiary/aromatic N) is 2. The van der Waals surface area contributed by atoms with Crippen LogP contribution in [0.25, 0.3) is 0 Å². The van der Waals surface area contributed by atoms with Crippen LogP contribution >= 0.6 is 0 Å². The molecule has 1 saturated heterocycles. The van der Waals surface area contributed by atoms with Gasteiger partial charge in [-0.15, -0.1) is 0 Å². The average Bonchev–Trinajstić information content (AvgIpc) is 2.57. The van der Waals surface area contributed by atoms with Gasteiger partial charge in [-0.25, -0.2) is 4.79 Å². The first-order valence-corrected chi connectivity index (χ1v) is 7.53. The van der Waals surface area contributed by atoms with Crippen molar-refractivity contribution in [1.82, 2.24) is 20.5 Å². The number of ether oxygens (including phenoxy) is 2. The Labute approximate surface area is 131 Å². The second kappa shape index (κ2) is 9.34. The third kappa shape index (κ3) is 5.25. The van der Waals surface area contributed by atoms with Crippen LogP contribution in [0, 0.1) is 0 Å². The highest BCUT2D eigenvalue weighted by Crippen LogP contribution is 2.20. The fourth-order valence-electron chi connectivity index (χ4n) is 2.44. The minimum Gasteiger partial charge on any atom is -0.383 e. The van der Waals surface area contributed by atoms with Crippen molar-refractivity contribution in [3.8, 4) is 0 Å². The molecule has 0 bridgehead atoms. The first-order valence-electron chi connectivity index (χ1n) is 7.53. The van der Waals surface area contributed by atoms with Crippen LogP contribution in [0.3, 0.4) is 0 Å². The van der Waals surface area contributed by atoms with Gasteiger partial charge in [-0.05, 0) is 11.6 Å². The number of carbonyl (C=O) groups is 1. The van der Waals surface area contributed by atoms with E-state index in [0.717, 1.165) is 31.9 Å². The van der Waals surface area contributed by atoms with Crippen molar-refractivity contribution < 1.29 is 14.3 Å². The van der Waals surface area contributed by atoms with E-state index >= 15 is 0 Å². The summed E-state index contributed by atoms with van der Waals surface area (Å²) >= 11 is 0. The number of nitrogens with one attached hydrogen (secondary N) is 2. The summed E-state index contributed by atoms with van der Waals surface area (Å²) in [6, 6.07) is 3.88. The standard InChI is InChI=1S/C15H24N4O3/c1-21-8-5-17-15(20)18-12-14(13-3-2-4-16-11-13)19-6-9-22-10-7-19/h2-4,11,14H,5-10,12H2,1H3,(H2,17,18,20). The first-order chi connectivity index (χ1) is 10.8. The van der Waals surface area contributed by atoms with Crippen molar-refractivity contribution in [2.75, 3.05) is 53.1 Å². The molecule has 7 nitrogen and oxygen atoms in total. The number of aromatic nitrogens is 1. The van der Waals surface area contributed by atoms with Crippen molar-refractivity contribution in [2.45, 2.75) is 6.04 Å². The molecular weight excluding hydrogens is 284 g/mol. The Hall–Kier alpha value is -1.70. The number of amides is 2. The van der Waals surface area contributed by atoms with Gasteiger partial charge in [0, 0.05) is 45.7 Å². The molecule has 7 heteroatoms. The van der Waals surface area contributed by atoms with E-state index in [2.05, 4.69) is 20.5 Å². The highest BCUT2D eigenvalue weighted by Gasteiger charge is 2.23. The maximum Gasteiger partial charge on any atom is 0.314 e. The summed E-state index contributed by atoms with van der Waals surface area (Å²) in [5.74, 6) is 0. The predicted octanol–water partition coefficient (Wildman–Crippen LogP) is 0.401. The van der Waals surface area contributed by atoms with Gasteiger partial charge in [0.25, 0.3) is 0 Å². The SMILES string of the molecule is COCCNC(=O)NCC(c1cccnc1)N1CCOCC1. The lowest BCUT2D eigenvalue weighted by atomic mass is 10.1. The maximum absolute atomic E-state index is 11.8. The number of morpholine rings is 1. The number of hydrogen-bond acceptors (Lipinski definition) is 5. The molecule has 2 heterocycles. The van der Waals surface area contributed by atoms with E-state index in [-0.39, 0.29) is 12.1 Å². The summed E-state index contributed by atoms with van der Waals surface area (Å²) in [6.07, 6.45) is 3.61. The van der Waals surface area contributed by atoms with E-state index in [0.29, 0.717) is 19.7 Å². The molecule has 1 aliphatic rings. The topological polar surface area (TPSA) is 75.7 Å². The quantitative estimate of drug-likeness (QED) is 0.713. The van der Waals surface area contributed by atoms with Gasteiger partial charge in [0.15, 0.2) is 0 Å². The number of pyridine rings is 1. The van der Waals surface area contributed by atoms with E-state index in [1.807, 2.05) is 18.3 Å². The van der Waals surface area contributed by atoms with Crippen molar-refractivity contribution in [3.05, 3.63) is 30.1 Å². The van der Waals surface area contributed by atoms with Crippen LogP contribution in [0.2, 0.25) is 0 Å². The molecule has 0 radical (unpaired) electrons. The van der Waals surface area contributed by atoms with Gasteiger partial charge in [-0.1, -0.05) is 6.07 Å². The van der Waals surface area contributed by atoms with Crippen LogP contribution in [-0.4, -0.2) is 69.0 Å². The average molecular weight is 308 g/mol. The Morgan fingerprint density at radius 3 is 2.95 bits per heavy atom. The van der Waals surface area contributed by atoms with Gasteiger partial charge in [0.2, 0.25) is 0 Å². The van der Waals surface area contributed by atoms with E-state index in [1.54, 1.807) is 13.3 Å². The summed E-state index contributed by atoms with van der Waals surface area (Å²) in [4.78, 5) is 18.3. The molecule has 122 valence electrons. The molecular formula is C15H24N4O3. The van der Waals surface area contributed by atoms with Gasteiger partial charge in [-0.3, -0.25) is 9.88 Å². The van der Waals surface area contributed by atoms with Gasteiger partial charge in [0.05, 0.1) is 25.9 Å². The molecule has 22 heavy (non-hydrogen) atoms. The molecule has 1 aliphatic heterocycles. The Morgan fingerprint density at radius 1 is 1.45 bits per heavy atom. The molecule has 1 fully saturated rings. The van der Waals surface area contributed by atoms with Gasteiger partial charge >= 0.3 is 6.03 Å². The summed E-state index contributed by atoms with van der Waals surface area (Å²) in [7, 11) is 1.61. The van der Waals surface area contributed by atoms with Crippen LogP contribution in [0.1, 0.15) is 11.6 Å². The monoisotopic (exact) mass is 308 g/mol. The van der Waals surface area contributed by atoms with E-state index in [9.17, 15) is 4.79 Å². The number of urea groups is 1. The third-order valence-corrected chi connectivity index (χ3v) is 3.60. The van der Waals surface area contributed by atoms with E-state index < -0.39 is 0 Å². The molecule has 1 atom stereocenters. The van der Waals surface area contributed by atoms with Gasteiger partial charge in [0.1, 0.15) is 0 Å². The Balaban J connectivity index is 1.91. The molecule has 1 aromatic rings. The largest absolute Gasteiger partial charge is 0.383 e. The minimum absolute atomic E-state index is 0.103. The molecule has 1 unspecified atom stereocenters. The molecule has 0 aliphatic carbocycles. The molecule has 0 saturated carbocycles. The zero-order valence-electron chi connectivity index (χ0n) is 13.0. The van der Waals surface area contributed by atoms with Crippen molar-refractivity contribution in [1.29, 1.82) is 0 Å². The number of hydrogen-bond donors (Lipinski definition) is 2. The van der Waals surface area contributed by atoms with Crippen molar-refractivity contribution >= 4 is 6.03 Å². The number of methoxy groups -OCH3 is 1. The lowest BCUT2D eigenvalue weighted by Crippen LogP contribution is -2.46. The lowest BCUT2D eigenvalue weighted by Gasteiger charge is -2.34. The van der Waals surface area contributed by atoms with Crippen molar-refractivity contribution in [3.63, 3.8) is 0 Å². The highest BCUT2D eigenvalue weighted by molar-refractivity contribution is 5.73. The molecule has 1 aromatic heterocycles. The van der Waals surface area contributed by atoms with Gasteiger partial charge in [-0.2, -0.15) is 0 Å². The van der Waals surface area contributed by atoms with E-state index in [4.69, 9.17) is 9.47 Å². The first kappa shape index (κ1) is 16.7. The summed E-state index contributed by atoms with van der Waals surface area (Å²) < 4.78 is 10.3. The summed E-state index contributed by atoms with van der Waals surface area (Å²) in [6.45, 7) is 4.68. The zero-order chi connectivity index (χ0) is 15.6. The second-order valence-corrected chi connectivity index (χ2v) is 5.08. The minimum atomic E-state index is -0.181. The maximum atomic E-state index is 11.8. The third-order valence-electron chi connectivity index (χ3n) is 3.60. The summed E-state index contributed by atoms with van der Waals surface area (Å²) in [5.41, 5.74) is 1.10. The molecule has 2 N–H and O–H groups in total. The predicted molar refractivity (Wildman–Crippen MR) is 82.6 cm³/mol. The van der Waals surface area contributed by atoms with E-state index in [1.165, 1.54) is 0 Å². The fraction of sp³-hybridized carbons (Fsp3) is 0.600. The van der Waals surface area contributed by atoms with Crippen LogP contribution in [-0.2, 0) is 9.47 Å². The van der Waals surface area contributed by atoms with Crippen LogP contribution in [0.4, 0.5) is 4.79 Å². The zero-order valence-corrected chi connectivity index (χ0v) is 13.0. The summed E-state index contributed by atoms with van der Waals surface area (Å²) in [5, 5.41) is 5.68. The molecule has 0 aromatic carbocycles. The Morgan fingerprint density at radius 2 is 2.27 bits per heavy atom.